The van der Waals surface area contributed by atoms with Gasteiger partial charge in [-0.2, -0.15) is 4.98 Å². The van der Waals surface area contributed by atoms with E-state index in [1.165, 1.54) is 25.9 Å². The van der Waals surface area contributed by atoms with E-state index in [1.807, 2.05) is 24.3 Å². The van der Waals surface area contributed by atoms with Crippen LogP contribution in [-0.2, 0) is 6.42 Å². The van der Waals surface area contributed by atoms with E-state index in [1.54, 1.807) is 0 Å². The van der Waals surface area contributed by atoms with Gasteiger partial charge in [-0.25, -0.2) is 0 Å². The largest absolute Gasteiger partial charge is 0.492 e. The zero-order valence-electron chi connectivity index (χ0n) is 16.6. The van der Waals surface area contributed by atoms with Gasteiger partial charge in [-0.3, -0.25) is 4.90 Å². The van der Waals surface area contributed by atoms with Crippen molar-refractivity contribution in [2.24, 2.45) is 5.41 Å². The average Bonchev–Trinajstić information content (AvgIpc) is 3.26. The van der Waals surface area contributed by atoms with Gasteiger partial charge in [-0.1, -0.05) is 25.9 Å². The van der Waals surface area contributed by atoms with Crippen LogP contribution in [0.25, 0.3) is 11.4 Å². The zero-order valence-corrected chi connectivity index (χ0v) is 16.6. The van der Waals surface area contributed by atoms with E-state index in [4.69, 9.17) is 9.26 Å². The highest BCUT2D eigenvalue weighted by Crippen LogP contribution is 2.24. The molecule has 1 fully saturated rings. The van der Waals surface area contributed by atoms with Crippen LogP contribution in [0, 0.1) is 5.41 Å². The minimum absolute atomic E-state index is 0.0624. The lowest BCUT2D eigenvalue weighted by Gasteiger charge is -2.21. The normalized spacial score (nSPS) is 16.6. The van der Waals surface area contributed by atoms with Crippen molar-refractivity contribution in [1.82, 2.24) is 15.0 Å². The lowest BCUT2D eigenvalue weighted by Crippen LogP contribution is -2.25. The SMILES string of the molecule is CC(C)(C)CC(O)Cc1nc(-c2ccc(OCCN3CCCC3)cc2)no1. The number of hydrogen-bond donors (Lipinski definition) is 1. The Bertz CT molecular complexity index is 700. The highest BCUT2D eigenvalue weighted by atomic mass is 16.5. The van der Waals surface area contributed by atoms with Crippen LogP contribution in [0.15, 0.2) is 28.8 Å². The highest BCUT2D eigenvalue weighted by molar-refractivity contribution is 5.55. The summed E-state index contributed by atoms with van der Waals surface area (Å²) in [4.78, 5) is 6.84. The number of benzene rings is 1. The van der Waals surface area contributed by atoms with Crippen molar-refractivity contribution >= 4 is 0 Å². The molecule has 1 unspecified atom stereocenters. The summed E-state index contributed by atoms with van der Waals surface area (Å²) >= 11 is 0. The smallest absolute Gasteiger partial charge is 0.229 e. The van der Waals surface area contributed by atoms with Crippen molar-refractivity contribution in [2.75, 3.05) is 26.2 Å². The molecule has 6 nitrogen and oxygen atoms in total. The first-order valence-electron chi connectivity index (χ1n) is 9.85. The van der Waals surface area contributed by atoms with Crippen LogP contribution >= 0.6 is 0 Å². The lowest BCUT2D eigenvalue weighted by molar-refractivity contribution is 0.113. The first kappa shape index (κ1) is 19.8. The Balaban J connectivity index is 1.50. The summed E-state index contributed by atoms with van der Waals surface area (Å²) < 4.78 is 11.1. The summed E-state index contributed by atoms with van der Waals surface area (Å²) in [5.74, 6) is 1.85. The van der Waals surface area contributed by atoms with Gasteiger partial charge < -0.3 is 14.4 Å². The molecule has 2 heterocycles. The quantitative estimate of drug-likeness (QED) is 0.763. The lowest BCUT2D eigenvalue weighted by atomic mass is 9.88. The predicted molar refractivity (Wildman–Crippen MR) is 105 cm³/mol. The van der Waals surface area contributed by atoms with Crippen molar-refractivity contribution < 1.29 is 14.4 Å². The van der Waals surface area contributed by atoms with Crippen molar-refractivity contribution in [3.8, 4) is 17.1 Å². The van der Waals surface area contributed by atoms with Gasteiger partial charge in [0.05, 0.1) is 12.5 Å². The topological polar surface area (TPSA) is 71.6 Å². The summed E-state index contributed by atoms with van der Waals surface area (Å²) in [5, 5.41) is 14.2. The Labute approximate surface area is 161 Å². The van der Waals surface area contributed by atoms with Crippen LogP contribution in [0.5, 0.6) is 5.75 Å². The number of nitrogens with zero attached hydrogens (tertiary/aromatic N) is 3. The average molecular weight is 373 g/mol. The maximum Gasteiger partial charge on any atom is 0.229 e. The van der Waals surface area contributed by atoms with E-state index in [2.05, 4.69) is 35.8 Å². The van der Waals surface area contributed by atoms with Gasteiger partial charge >= 0.3 is 0 Å². The second kappa shape index (κ2) is 8.85. The minimum atomic E-state index is -0.482. The van der Waals surface area contributed by atoms with Gasteiger partial charge in [-0.15, -0.1) is 0 Å². The first-order chi connectivity index (χ1) is 12.9. The maximum atomic E-state index is 10.2. The van der Waals surface area contributed by atoms with Crippen molar-refractivity contribution in [3.63, 3.8) is 0 Å². The standard InChI is InChI=1S/C21H31N3O3/c1-21(2,3)15-17(25)14-19-22-20(23-27-19)16-6-8-18(9-7-16)26-13-12-24-10-4-5-11-24/h6-9,17,25H,4-5,10-15H2,1-3H3. The molecule has 0 spiro atoms. The molecule has 0 saturated carbocycles. The Hall–Kier alpha value is -1.92. The Kier molecular flexibility index (Phi) is 6.50. The minimum Gasteiger partial charge on any atom is -0.492 e. The fourth-order valence-electron chi connectivity index (χ4n) is 3.43. The Morgan fingerprint density at radius 2 is 1.89 bits per heavy atom. The van der Waals surface area contributed by atoms with Gasteiger partial charge in [0.25, 0.3) is 0 Å². The van der Waals surface area contributed by atoms with Crippen LogP contribution in [-0.4, -0.2) is 52.5 Å². The van der Waals surface area contributed by atoms with E-state index in [0.717, 1.165) is 17.9 Å². The maximum absolute atomic E-state index is 10.2. The second-order valence-corrected chi connectivity index (χ2v) is 8.56. The number of rotatable bonds is 8. The molecule has 2 aromatic rings. The molecule has 0 amide bonds. The molecule has 1 N–H and O–H groups in total. The first-order valence-corrected chi connectivity index (χ1v) is 9.85. The Morgan fingerprint density at radius 1 is 1.19 bits per heavy atom. The summed E-state index contributed by atoms with van der Waals surface area (Å²) in [6.07, 6.45) is 3.18. The van der Waals surface area contributed by atoms with E-state index in [0.29, 0.717) is 31.2 Å². The number of aliphatic hydroxyl groups excluding tert-OH is 1. The molecule has 1 aromatic heterocycles. The molecule has 148 valence electrons. The summed E-state index contributed by atoms with van der Waals surface area (Å²) in [7, 11) is 0. The fraction of sp³-hybridized carbons (Fsp3) is 0.619. The van der Waals surface area contributed by atoms with Gasteiger partial charge in [0.1, 0.15) is 12.4 Å². The van der Waals surface area contributed by atoms with Crippen LogP contribution in [0.1, 0.15) is 45.9 Å². The molecule has 0 radical (unpaired) electrons. The third kappa shape index (κ3) is 6.33. The van der Waals surface area contributed by atoms with Gasteiger partial charge in [0.15, 0.2) is 0 Å². The third-order valence-electron chi connectivity index (χ3n) is 4.71. The molecular weight excluding hydrogens is 342 g/mol. The number of hydrogen-bond acceptors (Lipinski definition) is 6. The molecule has 0 bridgehead atoms. The number of aliphatic hydroxyl groups is 1. The third-order valence-corrected chi connectivity index (χ3v) is 4.71. The fourth-order valence-corrected chi connectivity index (χ4v) is 3.43. The van der Waals surface area contributed by atoms with E-state index < -0.39 is 6.10 Å². The molecule has 1 aromatic carbocycles. The van der Waals surface area contributed by atoms with Crippen LogP contribution < -0.4 is 4.74 Å². The number of ether oxygens (including phenoxy) is 1. The molecule has 1 aliphatic heterocycles. The van der Waals surface area contributed by atoms with Gasteiger partial charge in [-0.05, 0) is 62.0 Å². The molecule has 27 heavy (non-hydrogen) atoms. The zero-order chi connectivity index (χ0) is 19.3. The molecule has 6 heteroatoms. The van der Waals surface area contributed by atoms with Crippen molar-refractivity contribution in [3.05, 3.63) is 30.2 Å². The molecule has 0 aliphatic carbocycles. The second-order valence-electron chi connectivity index (χ2n) is 8.56. The molecule has 1 atom stereocenters. The van der Waals surface area contributed by atoms with Gasteiger partial charge in [0.2, 0.25) is 11.7 Å². The number of aromatic nitrogens is 2. The van der Waals surface area contributed by atoms with E-state index in [9.17, 15) is 5.11 Å². The van der Waals surface area contributed by atoms with Crippen molar-refractivity contribution in [1.29, 1.82) is 0 Å². The summed E-state index contributed by atoms with van der Waals surface area (Å²) in [6.45, 7) is 10.4. The molecule has 3 rings (SSSR count). The number of likely N-dealkylation sites (tertiary alicyclic amines) is 1. The van der Waals surface area contributed by atoms with Crippen LogP contribution in [0.3, 0.4) is 0 Å². The van der Waals surface area contributed by atoms with Crippen molar-refractivity contribution in [2.45, 2.75) is 52.6 Å². The van der Waals surface area contributed by atoms with Crippen LogP contribution in [0.2, 0.25) is 0 Å². The van der Waals surface area contributed by atoms with Gasteiger partial charge in [0, 0.05) is 12.1 Å². The van der Waals surface area contributed by atoms with Crippen LogP contribution in [0.4, 0.5) is 0 Å². The Morgan fingerprint density at radius 3 is 2.56 bits per heavy atom. The monoisotopic (exact) mass is 373 g/mol. The summed E-state index contributed by atoms with van der Waals surface area (Å²) in [5.41, 5.74) is 0.939. The molecule has 1 saturated heterocycles. The van der Waals surface area contributed by atoms with E-state index >= 15 is 0 Å². The predicted octanol–water partition coefficient (Wildman–Crippen LogP) is 3.55. The molecule has 1 aliphatic rings. The molecular formula is C21H31N3O3. The highest BCUT2D eigenvalue weighted by Gasteiger charge is 2.20. The van der Waals surface area contributed by atoms with E-state index in [-0.39, 0.29) is 5.41 Å². The summed E-state index contributed by atoms with van der Waals surface area (Å²) in [6, 6.07) is 7.74.